The molecule has 1 aromatic heterocycles. The van der Waals surface area contributed by atoms with E-state index in [2.05, 4.69) is 9.97 Å². The van der Waals surface area contributed by atoms with Crippen LogP contribution in [0.15, 0.2) is 18.3 Å². The number of aromatic hydroxyl groups is 1. The third-order valence-corrected chi connectivity index (χ3v) is 3.99. The number of Topliss-reactive ketones (excluding diaryl/α,β-unsaturated/α-hetero) is 1. The molecule has 0 bridgehead atoms. The lowest BCUT2D eigenvalue weighted by atomic mass is 9.75. The molecular weight excluding hydrogens is 290 g/mol. The van der Waals surface area contributed by atoms with Crippen molar-refractivity contribution >= 4 is 5.78 Å². The lowest BCUT2D eigenvalue weighted by Crippen LogP contribution is -2.31. The Hall–Kier alpha value is -2.37. The van der Waals surface area contributed by atoms with Gasteiger partial charge in [0.25, 0.3) is 0 Å². The minimum atomic E-state index is -1.08. The summed E-state index contributed by atoms with van der Waals surface area (Å²) in [7, 11) is 0. The van der Waals surface area contributed by atoms with Crippen LogP contribution >= 0.6 is 0 Å². The summed E-state index contributed by atoms with van der Waals surface area (Å²) in [6.07, 6.45) is 2.67. The number of nitrogens with zero attached hydrogens (tertiary/aromatic N) is 2. The monoisotopic (exact) mass is 304 g/mol. The van der Waals surface area contributed by atoms with Crippen LogP contribution in [0.5, 0.6) is 5.75 Å². The lowest BCUT2D eigenvalue weighted by Gasteiger charge is -2.28. The van der Waals surface area contributed by atoms with Gasteiger partial charge in [0.2, 0.25) is 0 Å². The summed E-state index contributed by atoms with van der Waals surface area (Å²) in [5, 5.41) is 9.13. The van der Waals surface area contributed by atoms with E-state index in [0.717, 1.165) is 12.1 Å². The predicted octanol–water partition coefficient (Wildman–Crippen LogP) is 3.28. The number of aryl methyl sites for hydroxylation is 1. The summed E-state index contributed by atoms with van der Waals surface area (Å²) in [6.45, 7) is 3.74. The number of benzene rings is 1. The Kier molecular flexibility index (Phi) is 3.20. The number of phenolic OH excluding ortho intramolecular Hbond substituents is 1. The summed E-state index contributed by atoms with van der Waals surface area (Å²) in [6, 6.07) is 1.93. The molecule has 6 heteroatoms. The Bertz CT molecular complexity index is 765. The number of hydrogen-bond donors (Lipinski definition) is 1. The van der Waals surface area contributed by atoms with Gasteiger partial charge in [-0.1, -0.05) is 13.8 Å². The molecule has 0 fully saturated rings. The van der Waals surface area contributed by atoms with Gasteiger partial charge in [0.1, 0.15) is 0 Å². The first-order valence-corrected chi connectivity index (χ1v) is 6.89. The van der Waals surface area contributed by atoms with Crippen LogP contribution < -0.4 is 0 Å². The van der Waals surface area contributed by atoms with Gasteiger partial charge >= 0.3 is 0 Å². The molecular formula is C16H14F2N2O2. The second-order valence-electron chi connectivity index (χ2n) is 6.06. The van der Waals surface area contributed by atoms with Gasteiger partial charge in [0.15, 0.2) is 29.0 Å². The number of carbonyl (C=O) groups excluding carboxylic acids is 1. The molecule has 0 amide bonds. The van der Waals surface area contributed by atoms with Gasteiger partial charge in [-0.25, -0.2) is 18.7 Å². The Morgan fingerprint density at radius 1 is 1.23 bits per heavy atom. The van der Waals surface area contributed by atoms with Crippen molar-refractivity contribution in [1.29, 1.82) is 0 Å². The molecule has 0 spiro atoms. The Balaban J connectivity index is 2.07. The van der Waals surface area contributed by atoms with Gasteiger partial charge in [-0.15, -0.1) is 0 Å². The maximum Gasteiger partial charge on any atom is 0.187 e. The lowest BCUT2D eigenvalue weighted by molar-refractivity contribution is 0.0809. The molecule has 114 valence electrons. The van der Waals surface area contributed by atoms with E-state index >= 15 is 0 Å². The SMILES string of the molecule is CC1(C)CCc2nc(-c3cc(F)c(O)c(F)c3)ncc2C1=O. The van der Waals surface area contributed by atoms with E-state index in [1.807, 2.05) is 13.8 Å². The van der Waals surface area contributed by atoms with Gasteiger partial charge in [0, 0.05) is 17.2 Å². The van der Waals surface area contributed by atoms with E-state index in [-0.39, 0.29) is 17.2 Å². The Labute approximate surface area is 125 Å². The molecule has 0 saturated heterocycles. The van der Waals surface area contributed by atoms with Gasteiger partial charge in [-0.05, 0) is 25.0 Å². The summed E-state index contributed by atoms with van der Waals surface area (Å²) < 4.78 is 26.9. The molecule has 1 N–H and O–H groups in total. The maximum absolute atomic E-state index is 13.4. The summed E-state index contributed by atoms with van der Waals surface area (Å²) in [5.74, 6) is -3.08. The molecule has 22 heavy (non-hydrogen) atoms. The Morgan fingerprint density at radius 3 is 2.50 bits per heavy atom. The minimum Gasteiger partial charge on any atom is -0.503 e. The van der Waals surface area contributed by atoms with Crippen molar-refractivity contribution < 1.29 is 18.7 Å². The topological polar surface area (TPSA) is 63.1 Å². The van der Waals surface area contributed by atoms with E-state index < -0.39 is 22.8 Å². The van der Waals surface area contributed by atoms with Crippen LogP contribution in [0.25, 0.3) is 11.4 Å². The summed E-state index contributed by atoms with van der Waals surface area (Å²) >= 11 is 0. The van der Waals surface area contributed by atoms with Crippen LogP contribution in [0.2, 0.25) is 0 Å². The first-order chi connectivity index (χ1) is 10.3. The zero-order valence-corrected chi connectivity index (χ0v) is 12.2. The molecule has 3 rings (SSSR count). The second kappa shape index (κ2) is 4.83. The number of fused-ring (bicyclic) bond motifs is 1. The van der Waals surface area contributed by atoms with Crippen LogP contribution in [-0.2, 0) is 6.42 Å². The fraction of sp³-hybridized carbons (Fsp3) is 0.312. The number of halogens is 2. The van der Waals surface area contributed by atoms with Gasteiger partial charge in [-0.3, -0.25) is 4.79 Å². The summed E-state index contributed by atoms with van der Waals surface area (Å²) in [4.78, 5) is 20.6. The molecule has 1 aliphatic rings. The third-order valence-electron chi connectivity index (χ3n) is 3.99. The highest BCUT2D eigenvalue weighted by atomic mass is 19.1. The molecule has 2 aromatic rings. The zero-order chi connectivity index (χ0) is 16.1. The molecule has 0 saturated carbocycles. The van der Waals surface area contributed by atoms with E-state index in [9.17, 15) is 13.6 Å². The predicted molar refractivity (Wildman–Crippen MR) is 75.5 cm³/mol. The normalized spacial score (nSPS) is 16.5. The standard InChI is InChI=1S/C16H14F2N2O2/c1-16(2)4-3-12-9(14(16)22)7-19-15(20-12)8-5-10(17)13(21)11(18)6-8/h5-7,21H,3-4H2,1-2H3. The number of ketones is 1. The molecule has 0 radical (unpaired) electrons. The molecule has 4 nitrogen and oxygen atoms in total. The Morgan fingerprint density at radius 2 is 1.86 bits per heavy atom. The quantitative estimate of drug-likeness (QED) is 0.878. The van der Waals surface area contributed by atoms with E-state index in [0.29, 0.717) is 24.1 Å². The second-order valence-corrected chi connectivity index (χ2v) is 6.06. The number of aromatic nitrogens is 2. The van der Waals surface area contributed by atoms with E-state index in [1.165, 1.54) is 6.20 Å². The van der Waals surface area contributed by atoms with Crippen LogP contribution in [0.1, 0.15) is 36.3 Å². The molecule has 0 atom stereocenters. The fourth-order valence-corrected chi connectivity index (χ4v) is 2.54. The maximum atomic E-state index is 13.4. The first-order valence-electron chi connectivity index (χ1n) is 6.89. The summed E-state index contributed by atoms with van der Waals surface area (Å²) in [5.41, 5.74) is 0.713. The molecule has 0 unspecified atom stereocenters. The molecule has 1 aromatic carbocycles. The fourth-order valence-electron chi connectivity index (χ4n) is 2.54. The first kappa shape index (κ1) is 14.6. The molecule has 1 aliphatic carbocycles. The minimum absolute atomic E-state index is 0.0247. The van der Waals surface area contributed by atoms with Crippen LogP contribution in [0.4, 0.5) is 8.78 Å². The average molecular weight is 304 g/mol. The van der Waals surface area contributed by atoms with Crippen LogP contribution in [-0.4, -0.2) is 20.9 Å². The number of carbonyl (C=O) groups is 1. The number of rotatable bonds is 1. The van der Waals surface area contributed by atoms with Crippen LogP contribution in [0, 0.1) is 17.0 Å². The number of phenols is 1. The number of hydrogen-bond acceptors (Lipinski definition) is 4. The van der Waals surface area contributed by atoms with Crippen molar-refractivity contribution in [3.8, 4) is 17.1 Å². The van der Waals surface area contributed by atoms with Crippen molar-refractivity contribution in [2.75, 3.05) is 0 Å². The highest BCUT2D eigenvalue weighted by Gasteiger charge is 2.35. The third kappa shape index (κ3) is 2.24. The highest BCUT2D eigenvalue weighted by molar-refractivity contribution is 6.01. The molecule has 0 aliphatic heterocycles. The van der Waals surface area contributed by atoms with Crippen molar-refractivity contribution in [3.05, 3.63) is 41.2 Å². The van der Waals surface area contributed by atoms with Crippen molar-refractivity contribution in [3.63, 3.8) is 0 Å². The van der Waals surface area contributed by atoms with Crippen molar-refractivity contribution in [2.45, 2.75) is 26.7 Å². The highest BCUT2D eigenvalue weighted by Crippen LogP contribution is 2.34. The van der Waals surface area contributed by atoms with Gasteiger partial charge < -0.3 is 5.11 Å². The average Bonchev–Trinajstić information content (AvgIpc) is 2.48. The van der Waals surface area contributed by atoms with E-state index in [1.54, 1.807) is 0 Å². The van der Waals surface area contributed by atoms with Crippen LogP contribution in [0.3, 0.4) is 0 Å². The van der Waals surface area contributed by atoms with E-state index in [4.69, 9.17) is 5.11 Å². The largest absolute Gasteiger partial charge is 0.503 e. The van der Waals surface area contributed by atoms with Gasteiger partial charge in [0.05, 0.1) is 11.3 Å². The smallest absolute Gasteiger partial charge is 0.187 e. The zero-order valence-electron chi connectivity index (χ0n) is 12.2. The van der Waals surface area contributed by atoms with Crippen molar-refractivity contribution in [1.82, 2.24) is 9.97 Å². The van der Waals surface area contributed by atoms with Gasteiger partial charge in [-0.2, -0.15) is 0 Å². The molecule has 1 heterocycles. The van der Waals surface area contributed by atoms with Crippen molar-refractivity contribution in [2.24, 2.45) is 5.41 Å².